The van der Waals surface area contributed by atoms with Gasteiger partial charge in [-0.2, -0.15) is 0 Å². The van der Waals surface area contributed by atoms with Crippen molar-refractivity contribution in [2.45, 2.75) is 25.8 Å². The minimum atomic E-state index is 0.526. The highest BCUT2D eigenvalue weighted by molar-refractivity contribution is 14.2. The van der Waals surface area contributed by atoms with Gasteiger partial charge in [-0.25, -0.2) is 0 Å². The van der Waals surface area contributed by atoms with E-state index in [-0.39, 0.29) is 0 Å². The third-order valence-corrected chi connectivity index (χ3v) is 4.42. The first-order valence-corrected chi connectivity index (χ1v) is 8.64. The van der Waals surface area contributed by atoms with E-state index < -0.39 is 0 Å². The van der Waals surface area contributed by atoms with Gasteiger partial charge < -0.3 is 0 Å². The average molecular weight is 348 g/mol. The zero-order valence-electron chi connectivity index (χ0n) is 7.22. The van der Waals surface area contributed by atoms with Crippen LogP contribution in [0.4, 0.5) is 0 Å². The Balaban J connectivity index is 2.51. The van der Waals surface area contributed by atoms with Crippen molar-refractivity contribution in [3.05, 3.63) is 21.3 Å². The van der Waals surface area contributed by atoms with E-state index in [9.17, 15) is 0 Å². The molecule has 0 fully saturated rings. The van der Waals surface area contributed by atoms with Crippen LogP contribution < -0.4 is 4.72 Å². The maximum absolute atomic E-state index is 6.01. The summed E-state index contributed by atoms with van der Waals surface area (Å²) < 4.78 is 3.35. The maximum atomic E-state index is 6.01. The molecule has 1 rings (SSSR count). The number of hydrogen-bond donors (Lipinski definition) is 1. The molecule has 5 heteroatoms. The van der Waals surface area contributed by atoms with Gasteiger partial charge in [-0.15, -0.1) is 11.3 Å². The van der Waals surface area contributed by atoms with Crippen LogP contribution in [0.15, 0.2) is 11.4 Å². The summed E-state index contributed by atoms with van der Waals surface area (Å²) in [5, 5.41) is 2.95. The quantitative estimate of drug-likeness (QED) is 0.629. The summed E-state index contributed by atoms with van der Waals surface area (Å²) in [6, 6.07) is 2.49. The molecule has 1 aromatic heterocycles. The summed E-state index contributed by atoms with van der Waals surface area (Å²) in [6.07, 6.45) is 2.16. The summed E-state index contributed by atoms with van der Waals surface area (Å²) in [7, 11) is 1.64. The Hall–Kier alpha value is 1.03. The van der Waals surface area contributed by atoms with E-state index in [4.69, 9.17) is 11.6 Å². The van der Waals surface area contributed by atoms with Crippen molar-refractivity contribution in [1.82, 2.24) is 4.72 Å². The van der Waals surface area contributed by atoms with Gasteiger partial charge in [0.1, 0.15) is 0 Å². The first-order chi connectivity index (χ1) is 6.27. The SMILES string of the molecule is CCC(Cc1sccc1Cl)NSI. The number of halogens is 2. The molecule has 1 heterocycles. The molecule has 1 aromatic rings. The molecule has 1 atom stereocenters. The minimum absolute atomic E-state index is 0.526. The number of rotatable bonds is 5. The summed E-state index contributed by atoms with van der Waals surface area (Å²) in [4.78, 5) is 1.28. The van der Waals surface area contributed by atoms with Crippen LogP contribution in [0.25, 0.3) is 0 Å². The van der Waals surface area contributed by atoms with Crippen LogP contribution in [0, 0.1) is 0 Å². The fraction of sp³-hybridized carbons (Fsp3) is 0.500. The van der Waals surface area contributed by atoms with Crippen LogP contribution in [0.5, 0.6) is 0 Å². The van der Waals surface area contributed by atoms with Crippen LogP contribution in [0.3, 0.4) is 0 Å². The van der Waals surface area contributed by atoms with Crippen molar-refractivity contribution in [1.29, 1.82) is 0 Å². The zero-order valence-corrected chi connectivity index (χ0v) is 11.8. The smallest absolute Gasteiger partial charge is 0.0545 e. The Labute approximate surface area is 104 Å². The molecule has 0 aromatic carbocycles. The second-order valence-electron chi connectivity index (χ2n) is 2.70. The van der Waals surface area contributed by atoms with Gasteiger partial charge in [0.2, 0.25) is 0 Å². The van der Waals surface area contributed by atoms with Gasteiger partial charge in [0.05, 0.1) is 5.02 Å². The molecular weight excluding hydrogens is 337 g/mol. The highest BCUT2D eigenvalue weighted by Gasteiger charge is 2.09. The standard InChI is InChI=1S/C8H11ClINS2/c1-2-6(11-13-10)5-8-7(9)3-4-12-8/h3-4,6,11H,2,5H2,1H3. The highest BCUT2D eigenvalue weighted by Crippen LogP contribution is 2.24. The normalized spacial score (nSPS) is 13.2. The molecule has 1 nitrogen and oxygen atoms in total. The Morgan fingerprint density at radius 2 is 2.54 bits per heavy atom. The Morgan fingerprint density at radius 1 is 1.77 bits per heavy atom. The lowest BCUT2D eigenvalue weighted by molar-refractivity contribution is 0.614. The molecule has 0 aliphatic carbocycles. The fourth-order valence-electron chi connectivity index (χ4n) is 1.03. The molecule has 0 saturated heterocycles. The van der Waals surface area contributed by atoms with E-state index in [2.05, 4.69) is 32.9 Å². The number of nitrogens with one attached hydrogen (secondary N) is 1. The van der Waals surface area contributed by atoms with Crippen molar-refractivity contribution >= 4 is 53.3 Å². The van der Waals surface area contributed by atoms with Gasteiger partial charge >= 0.3 is 0 Å². The van der Waals surface area contributed by atoms with Crippen molar-refractivity contribution in [2.24, 2.45) is 0 Å². The van der Waals surface area contributed by atoms with E-state index in [1.807, 2.05) is 11.4 Å². The van der Waals surface area contributed by atoms with Gasteiger partial charge in [0, 0.05) is 32.1 Å². The van der Waals surface area contributed by atoms with Gasteiger partial charge in [0.15, 0.2) is 0 Å². The van der Waals surface area contributed by atoms with Gasteiger partial charge in [0.25, 0.3) is 0 Å². The Kier molecular flexibility index (Phi) is 6.05. The third kappa shape index (κ3) is 3.95. The Morgan fingerprint density at radius 3 is 3.00 bits per heavy atom. The van der Waals surface area contributed by atoms with Crippen LogP contribution >= 0.6 is 53.3 Å². The summed E-state index contributed by atoms with van der Waals surface area (Å²) in [5.41, 5.74) is 0. The largest absolute Gasteiger partial charge is 0.252 e. The molecule has 1 N–H and O–H groups in total. The van der Waals surface area contributed by atoms with Gasteiger partial charge in [-0.05, 0) is 33.4 Å². The zero-order chi connectivity index (χ0) is 9.68. The lowest BCUT2D eigenvalue weighted by atomic mass is 10.1. The van der Waals surface area contributed by atoms with E-state index in [0.717, 1.165) is 17.9 Å². The summed E-state index contributed by atoms with van der Waals surface area (Å²) in [5.74, 6) is 0. The lowest BCUT2D eigenvalue weighted by Gasteiger charge is -2.12. The van der Waals surface area contributed by atoms with Crippen LogP contribution in [-0.4, -0.2) is 6.04 Å². The molecule has 1 unspecified atom stereocenters. The van der Waals surface area contributed by atoms with Crippen molar-refractivity contribution in [3.8, 4) is 0 Å². The molecule has 0 spiro atoms. The molecule has 13 heavy (non-hydrogen) atoms. The summed E-state index contributed by atoms with van der Waals surface area (Å²) >= 11 is 10.0. The first kappa shape index (κ1) is 12.1. The number of hydrogen-bond acceptors (Lipinski definition) is 3. The predicted molar refractivity (Wildman–Crippen MR) is 71.9 cm³/mol. The number of thiophene rings is 1. The topological polar surface area (TPSA) is 12.0 Å². The van der Waals surface area contributed by atoms with Crippen molar-refractivity contribution < 1.29 is 0 Å². The first-order valence-electron chi connectivity index (χ1n) is 4.03. The van der Waals surface area contributed by atoms with E-state index in [1.165, 1.54) is 4.88 Å². The van der Waals surface area contributed by atoms with E-state index >= 15 is 0 Å². The molecule has 74 valence electrons. The minimum Gasteiger partial charge on any atom is -0.252 e. The molecule has 0 bridgehead atoms. The second-order valence-corrected chi connectivity index (χ2v) is 5.82. The second kappa shape index (κ2) is 6.50. The third-order valence-electron chi connectivity index (χ3n) is 1.83. The fourth-order valence-corrected chi connectivity index (χ4v) is 3.68. The molecule has 0 radical (unpaired) electrons. The average Bonchev–Trinajstić information content (AvgIpc) is 2.51. The monoisotopic (exact) mass is 347 g/mol. The van der Waals surface area contributed by atoms with Gasteiger partial charge in [-0.1, -0.05) is 18.5 Å². The predicted octanol–water partition coefficient (Wildman–Crippen LogP) is 4.31. The molecule has 0 amide bonds. The van der Waals surface area contributed by atoms with E-state index in [1.54, 1.807) is 20.5 Å². The van der Waals surface area contributed by atoms with Crippen molar-refractivity contribution in [2.75, 3.05) is 0 Å². The lowest BCUT2D eigenvalue weighted by Crippen LogP contribution is -2.23. The maximum Gasteiger partial charge on any atom is 0.0545 e. The van der Waals surface area contributed by atoms with Crippen molar-refractivity contribution in [3.63, 3.8) is 0 Å². The Bertz CT molecular complexity index is 254. The van der Waals surface area contributed by atoms with E-state index in [0.29, 0.717) is 6.04 Å². The van der Waals surface area contributed by atoms with Gasteiger partial charge in [-0.3, -0.25) is 4.72 Å². The summed E-state index contributed by atoms with van der Waals surface area (Å²) in [6.45, 7) is 2.19. The molecule has 0 aliphatic heterocycles. The molecule has 0 saturated carbocycles. The molecule has 0 aliphatic rings. The van der Waals surface area contributed by atoms with Crippen LogP contribution in [-0.2, 0) is 6.42 Å². The molecular formula is C8H11ClINS2. The van der Waals surface area contributed by atoms with Crippen LogP contribution in [0.2, 0.25) is 5.02 Å². The van der Waals surface area contributed by atoms with Crippen LogP contribution in [0.1, 0.15) is 18.2 Å². The highest BCUT2D eigenvalue weighted by atomic mass is 127.